The second-order valence-electron chi connectivity index (χ2n) is 18.9. The van der Waals surface area contributed by atoms with E-state index < -0.39 is 0 Å². The van der Waals surface area contributed by atoms with Crippen LogP contribution in [0.4, 0.5) is 0 Å². The van der Waals surface area contributed by atoms with Gasteiger partial charge in [0, 0.05) is 22.9 Å². The first kappa shape index (κ1) is 42.1. The van der Waals surface area contributed by atoms with Crippen LogP contribution in [0.2, 0.25) is 0 Å². The lowest BCUT2D eigenvalue weighted by atomic mass is 9.85. The molecule has 0 aliphatic heterocycles. The molecule has 0 amide bonds. The Bertz CT molecular complexity index is 3360. The average Bonchev–Trinajstić information content (AvgIpc) is 3.73. The van der Waals surface area contributed by atoms with Crippen molar-refractivity contribution in [2.45, 2.75) is 143 Å². The van der Waals surface area contributed by atoms with Crippen LogP contribution in [0.1, 0.15) is 143 Å². The molecule has 0 aliphatic carbocycles. The number of nitrogens with zero attached hydrogens (tertiary/aromatic N) is 2. The van der Waals surface area contributed by atoms with Gasteiger partial charge in [-0.3, -0.25) is 28.3 Å². The molecule has 64 heavy (non-hydrogen) atoms. The Kier molecular flexibility index (Phi) is 11.3. The average molecular weight is 849 g/mol. The van der Waals surface area contributed by atoms with Crippen LogP contribution in [0, 0.1) is 0 Å². The molecule has 6 nitrogen and oxygen atoms in total. The first-order chi connectivity index (χ1) is 31.3. The molecule has 10 aromatic rings. The molecule has 0 saturated heterocycles. The molecular formula is C58H60N2O4. The Morgan fingerprint density at radius 3 is 1.00 bits per heavy atom. The lowest BCUT2D eigenvalue weighted by Crippen LogP contribution is -2.30. The van der Waals surface area contributed by atoms with Crippen molar-refractivity contribution in [1.82, 2.24) is 9.13 Å². The Balaban J connectivity index is 1.32. The zero-order chi connectivity index (χ0) is 44.2. The zero-order valence-corrected chi connectivity index (χ0v) is 38.1. The van der Waals surface area contributed by atoms with Gasteiger partial charge in [0.25, 0.3) is 22.2 Å². The predicted molar refractivity (Wildman–Crippen MR) is 273 cm³/mol. The van der Waals surface area contributed by atoms with Gasteiger partial charge in [0.05, 0.1) is 21.5 Å². The minimum atomic E-state index is -0.185. The van der Waals surface area contributed by atoms with Crippen LogP contribution >= 0.6 is 0 Å². The lowest BCUT2D eigenvalue weighted by molar-refractivity contribution is 0.389. The first-order valence-electron chi connectivity index (χ1n) is 24.6. The third kappa shape index (κ3) is 6.49. The third-order valence-electron chi connectivity index (χ3n) is 14.9. The van der Waals surface area contributed by atoms with Crippen LogP contribution in [-0.2, 0) is 0 Å². The van der Waals surface area contributed by atoms with Gasteiger partial charge >= 0.3 is 0 Å². The number of benzene rings is 8. The molecule has 0 N–H and O–H groups in total. The quantitative estimate of drug-likeness (QED) is 0.0489. The van der Waals surface area contributed by atoms with Crippen LogP contribution in [-0.4, -0.2) is 9.13 Å². The van der Waals surface area contributed by atoms with E-state index in [1.807, 2.05) is 36.4 Å². The molecule has 2 aromatic heterocycles. The summed E-state index contributed by atoms with van der Waals surface area (Å²) in [6.07, 6.45) is 15.7. The molecule has 326 valence electrons. The van der Waals surface area contributed by atoms with E-state index in [0.29, 0.717) is 21.5 Å². The van der Waals surface area contributed by atoms with E-state index in [4.69, 9.17) is 0 Å². The molecule has 0 atom stereocenters. The number of aromatic nitrogens is 2. The fourth-order valence-corrected chi connectivity index (χ4v) is 11.8. The topological polar surface area (TPSA) is 78.1 Å². The normalized spacial score (nSPS) is 12.7. The van der Waals surface area contributed by atoms with Crippen molar-refractivity contribution in [3.8, 4) is 0 Å². The van der Waals surface area contributed by atoms with E-state index >= 15 is 9.59 Å². The summed E-state index contributed by atoms with van der Waals surface area (Å²) in [5.74, 6) is 0. The standard InChI is InChI=1S/C58H60N2O4/c1-5-9-13-21-37(22-14-10-6-2)59-55(61)51-41-27-19-17-25-39(41)45-33-35-30-32-44-48-36(29-31-43(47(35)48)49(45)53(51)57(59)63)34-46-40-26-18-20-28-42(40)52-54(50(44)46)58(64)60(56(52)62)38(23-15-11-7-3)24-16-12-8-4/h17-20,25-34,37-38H,5-16,21-24H2,1-4H3. The maximum Gasteiger partial charge on any atom is 0.262 e. The fourth-order valence-electron chi connectivity index (χ4n) is 11.8. The van der Waals surface area contributed by atoms with Gasteiger partial charge in [-0.25, -0.2) is 0 Å². The first-order valence-corrected chi connectivity index (χ1v) is 24.6. The Hall–Kier alpha value is -5.88. The molecule has 0 aliphatic rings. The highest BCUT2D eigenvalue weighted by Crippen LogP contribution is 2.47. The predicted octanol–water partition coefficient (Wildman–Crippen LogP) is 14.8. The van der Waals surface area contributed by atoms with Gasteiger partial charge in [-0.2, -0.15) is 0 Å². The second-order valence-corrected chi connectivity index (χ2v) is 18.9. The number of hydrogen-bond donors (Lipinski definition) is 0. The minimum absolute atomic E-state index is 0.153. The molecule has 10 rings (SSSR count). The van der Waals surface area contributed by atoms with Gasteiger partial charge in [-0.05, 0) is 102 Å². The number of unbranched alkanes of at least 4 members (excludes halogenated alkanes) is 8. The molecule has 8 aromatic carbocycles. The van der Waals surface area contributed by atoms with Gasteiger partial charge in [0.2, 0.25) is 0 Å². The molecule has 0 saturated carbocycles. The molecule has 0 radical (unpaired) electrons. The number of rotatable bonds is 18. The molecule has 0 spiro atoms. The lowest BCUT2D eigenvalue weighted by Gasteiger charge is -2.18. The van der Waals surface area contributed by atoms with Crippen LogP contribution in [0.25, 0.3) is 97.0 Å². The molecule has 6 heteroatoms. The van der Waals surface area contributed by atoms with Gasteiger partial charge < -0.3 is 0 Å². The van der Waals surface area contributed by atoms with Crippen LogP contribution in [0.3, 0.4) is 0 Å². The summed E-state index contributed by atoms with van der Waals surface area (Å²) in [6, 6.07) is 28.9. The fraction of sp³-hybridized carbons (Fsp3) is 0.379. The van der Waals surface area contributed by atoms with Crippen LogP contribution in [0.5, 0.6) is 0 Å². The van der Waals surface area contributed by atoms with Crippen LogP contribution < -0.4 is 22.2 Å². The molecule has 2 heterocycles. The summed E-state index contributed by atoms with van der Waals surface area (Å²) in [6.45, 7) is 8.76. The van der Waals surface area contributed by atoms with E-state index in [2.05, 4.69) is 76.2 Å². The van der Waals surface area contributed by atoms with Gasteiger partial charge in [0.15, 0.2) is 0 Å². The second kappa shape index (κ2) is 17.3. The highest BCUT2D eigenvalue weighted by molar-refractivity contribution is 6.42. The van der Waals surface area contributed by atoms with Crippen molar-refractivity contribution in [1.29, 1.82) is 0 Å². The van der Waals surface area contributed by atoms with Gasteiger partial charge in [-0.1, -0.05) is 178 Å². The summed E-state index contributed by atoms with van der Waals surface area (Å²) in [5, 5.41) is 15.1. The smallest absolute Gasteiger partial charge is 0.262 e. The third-order valence-corrected chi connectivity index (χ3v) is 14.9. The number of fused-ring (bicyclic) bond motifs is 14. The van der Waals surface area contributed by atoms with Crippen LogP contribution in [0.15, 0.2) is 104 Å². The molecule has 0 unspecified atom stereocenters. The van der Waals surface area contributed by atoms with Crippen molar-refractivity contribution >= 4 is 97.0 Å². The molecule has 0 fully saturated rings. The summed E-state index contributed by atoms with van der Waals surface area (Å²) >= 11 is 0. The Labute approximate surface area is 373 Å². The van der Waals surface area contributed by atoms with E-state index in [0.717, 1.165) is 178 Å². The molecular weight excluding hydrogens is 789 g/mol. The van der Waals surface area contributed by atoms with Crippen molar-refractivity contribution in [3.63, 3.8) is 0 Å². The number of hydrogen-bond acceptors (Lipinski definition) is 4. The van der Waals surface area contributed by atoms with Gasteiger partial charge in [0.1, 0.15) is 0 Å². The maximum absolute atomic E-state index is 15.2. The summed E-state index contributed by atoms with van der Waals surface area (Å²) in [4.78, 5) is 60.3. The Morgan fingerprint density at radius 1 is 0.328 bits per heavy atom. The SMILES string of the molecule is CCCCCC(CCCCC)n1c(=O)c2c3ccccc3c3cc4ccc5c6c(cc7ccc(c3c2c1=O)c4c75)c1ccccc1c1c(=O)n(C(CCCCC)CCCCC)c(=O)c16. The van der Waals surface area contributed by atoms with E-state index in [-0.39, 0.29) is 34.3 Å². The van der Waals surface area contributed by atoms with Crippen molar-refractivity contribution in [2.75, 3.05) is 0 Å². The monoisotopic (exact) mass is 848 g/mol. The summed E-state index contributed by atoms with van der Waals surface area (Å²) < 4.78 is 3.27. The molecule has 0 bridgehead atoms. The van der Waals surface area contributed by atoms with Gasteiger partial charge in [-0.15, -0.1) is 0 Å². The van der Waals surface area contributed by atoms with E-state index in [1.54, 1.807) is 9.13 Å². The van der Waals surface area contributed by atoms with E-state index in [1.165, 1.54) is 0 Å². The highest BCUT2D eigenvalue weighted by atomic mass is 16.2. The zero-order valence-electron chi connectivity index (χ0n) is 38.1. The maximum atomic E-state index is 15.2. The summed E-state index contributed by atoms with van der Waals surface area (Å²) in [5.41, 5.74) is -0.721. The summed E-state index contributed by atoms with van der Waals surface area (Å²) in [7, 11) is 0. The Morgan fingerprint density at radius 2 is 0.656 bits per heavy atom. The van der Waals surface area contributed by atoms with E-state index in [9.17, 15) is 9.59 Å². The largest absolute Gasteiger partial charge is 0.271 e. The van der Waals surface area contributed by atoms with Crippen molar-refractivity contribution in [2.24, 2.45) is 0 Å². The van der Waals surface area contributed by atoms with Crippen molar-refractivity contribution < 1.29 is 0 Å². The van der Waals surface area contributed by atoms with Crippen molar-refractivity contribution in [3.05, 3.63) is 126 Å². The highest BCUT2D eigenvalue weighted by Gasteiger charge is 2.29. The minimum Gasteiger partial charge on any atom is -0.271 e.